The molecule has 7 nitrogen and oxygen atoms in total. The summed E-state index contributed by atoms with van der Waals surface area (Å²) in [7, 11) is 2.90. The minimum absolute atomic E-state index is 0.0514. The summed E-state index contributed by atoms with van der Waals surface area (Å²) in [5, 5.41) is 13.7. The first-order valence-electron chi connectivity index (χ1n) is 8.24. The number of benzene rings is 1. The molecular formula is C18H26N2O5. The van der Waals surface area contributed by atoms with Crippen molar-refractivity contribution >= 4 is 11.8 Å². The molecular weight excluding hydrogens is 324 g/mol. The zero-order valence-corrected chi connectivity index (χ0v) is 14.9. The number of methoxy groups -OCH3 is 2. The predicted molar refractivity (Wildman–Crippen MR) is 91.8 cm³/mol. The third-order valence-electron chi connectivity index (χ3n) is 4.50. The van der Waals surface area contributed by atoms with Gasteiger partial charge in [0.05, 0.1) is 17.7 Å². The first-order chi connectivity index (χ1) is 11.9. The van der Waals surface area contributed by atoms with Crippen LogP contribution in [0.5, 0.6) is 0 Å². The van der Waals surface area contributed by atoms with Crippen molar-refractivity contribution in [1.29, 1.82) is 0 Å². The van der Waals surface area contributed by atoms with Crippen molar-refractivity contribution in [3.8, 4) is 0 Å². The normalized spacial score (nSPS) is 26.3. The number of ether oxygens (including phenoxy) is 2. The molecule has 0 bridgehead atoms. The van der Waals surface area contributed by atoms with E-state index in [0.29, 0.717) is 13.0 Å². The van der Waals surface area contributed by atoms with Gasteiger partial charge >= 0.3 is 0 Å². The van der Waals surface area contributed by atoms with E-state index >= 15 is 0 Å². The van der Waals surface area contributed by atoms with Gasteiger partial charge in [-0.1, -0.05) is 30.3 Å². The molecule has 3 atom stereocenters. The van der Waals surface area contributed by atoms with Crippen molar-refractivity contribution in [1.82, 2.24) is 10.2 Å². The number of amides is 2. The fraction of sp³-hybridized carbons (Fsp3) is 0.556. The smallest absolute Gasteiger partial charge is 0.249 e. The highest BCUT2D eigenvalue weighted by Crippen LogP contribution is 2.37. The van der Waals surface area contributed by atoms with Crippen LogP contribution in [0, 0.1) is 0 Å². The molecule has 138 valence electrons. The average molecular weight is 350 g/mol. The topological polar surface area (TPSA) is 88.1 Å². The molecule has 3 unspecified atom stereocenters. The molecule has 2 amide bonds. The van der Waals surface area contributed by atoms with Gasteiger partial charge in [0.15, 0.2) is 0 Å². The van der Waals surface area contributed by atoms with Crippen LogP contribution in [0.15, 0.2) is 30.3 Å². The van der Waals surface area contributed by atoms with Crippen LogP contribution in [0.2, 0.25) is 0 Å². The molecule has 0 spiro atoms. The van der Waals surface area contributed by atoms with Crippen LogP contribution in [-0.4, -0.2) is 67.4 Å². The molecule has 0 aromatic heterocycles. The van der Waals surface area contributed by atoms with Crippen molar-refractivity contribution in [3.05, 3.63) is 35.9 Å². The summed E-state index contributed by atoms with van der Waals surface area (Å²) in [6, 6.07) is 8.23. The lowest BCUT2D eigenvalue weighted by molar-refractivity contribution is -0.150. The Kier molecular flexibility index (Phi) is 6.52. The molecule has 1 aromatic rings. The van der Waals surface area contributed by atoms with E-state index in [4.69, 9.17) is 9.47 Å². The van der Waals surface area contributed by atoms with Gasteiger partial charge in [-0.15, -0.1) is 0 Å². The van der Waals surface area contributed by atoms with E-state index in [9.17, 15) is 14.7 Å². The zero-order valence-electron chi connectivity index (χ0n) is 14.9. The van der Waals surface area contributed by atoms with Crippen LogP contribution in [-0.2, 0) is 19.1 Å². The van der Waals surface area contributed by atoms with Crippen LogP contribution < -0.4 is 5.32 Å². The van der Waals surface area contributed by atoms with Crippen LogP contribution in [0.1, 0.15) is 24.9 Å². The lowest BCUT2D eigenvalue weighted by Crippen LogP contribution is -2.64. The Morgan fingerprint density at radius 2 is 1.88 bits per heavy atom. The van der Waals surface area contributed by atoms with Crippen LogP contribution in [0.25, 0.3) is 0 Å². The number of carbonyl (C=O) groups is 2. The fourth-order valence-electron chi connectivity index (χ4n) is 3.25. The second kappa shape index (κ2) is 8.42. The summed E-state index contributed by atoms with van der Waals surface area (Å²) in [6.45, 7) is 1.90. The second-order valence-corrected chi connectivity index (χ2v) is 6.46. The summed E-state index contributed by atoms with van der Waals surface area (Å²) in [5.74, 6) is -0.521. The molecule has 2 rings (SSSR count). The van der Waals surface area contributed by atoms with Gasteiger partial charge < -0.3 is 24.8 Å². The number of carbonyl (C=O) groups excluding carboxylic acids is 2. The number of piperidine rings is 1. The van der Waals surface area contributed by atoms with Crippen molar-refractivity contribution in [2.75, 3.05) is 34.0 Å². The number of rotatable bonds is 6. The lowest BCUT2D eigenvalue weighted by Gasteiger charge is -2.49. The number of hydrogen-bond donors (Lipinski definition) is 2. The minimum Gasteiger partial charge on any atom is -0.388 e. The third-order valence-corrected chi connectivity index (χ3v) is 4.50. The van der Waals surface area contributed by atoms with Crippen molar-refractivity contribution in [2.45, 2.75) is 31.0 Å². The third kappa shape index (κ3) is 4.56. The molecule has 1 fully saturated rings. The molecule has 0 aliphatic carbocycles. The number of nitrogens with one attached hydrogen (secondary N) is 1. The predicted octanol–water partition coefficient (Wildman–Crippen LogP) is 0.489. The molecule has 1 aliphatic rings. The molecule has 2 N–H and O–H groups in total. The van der Waals surface area contributed by atoms with Crippen molar-refractivity contribution < 1.29 is 24.2 Å². The van der Waals surface area contributed by atoms with Gasteiger partial charge in [-0.05, 0) is 18.9 Å². The highest BCUT2D eigenvalue weighted by Gasteiger charge is 2.47. The largest absolute Gasteiger partial charge is 0.388 e. The Labute approximate surface area is 147 Å². The van der Waals surface area contributed by atoms with Gasteiger partial charge in [-0.2, -0.15) is 0 Å². The Bertz CT molecular complexity index is 590. The minimum atomic E-state index is -1.16. The van der Waals surface area contributed by atoms with E-state index < -0.39 is 17.7 Å². The summed E-state index contributed by atoms with van der Waals surface area (Å²) in [4.78, 5) is 26.3. The maximum atomic E-state index is 12.5. The van der Waals surface area contributed by atoms with Gasteiger partial charge in [0, 0.05) is 20.8 Å². The summed E-state index contributed by atoms with van der Waals surface area (Å²) >= 11 is 0. The monoisotopic (exact) mass is 350 g/mol. The summed E-state index contributed by atoms with van der Waals surface area (Å²) in [6.07, 6.45) is 0.351. The van der Waals surface area contributed by atoms with Crippen molar-refractivity contribution in [3.63, 3.8) is 0 Å². The highest BCUT2D eigenvalue weighted by atomic mass is 16.5. The Morgan fingerprint density at radius 1 is 1.24 bits per heavy atom. The molecule has 7 heteroatoms. The van der Waals surface area contributed by atoms with E-state index in [1.807, 2.05) is 30.3 Å². The SMILES string of the molecule is COCC(=O)NC1C(c2ccccc2)N(C(=O)COC)CCC1(C)O. The van der Waals surface area contributed by atoms with Crippen LogP contribution >= 0.6 is 0 Å². The maximum absolute atomic E-state index is 12.5. The van der Waals surface area contributed by atoms with Gasteiger partial charge in [0.1, 0.15) is 13.2 Å². The van der Waals surface area contributed by atoms with Crippen LogP contribution in [0.4, 0.5) is 0 Å². The molecule has 25 heavy (non-hydrogen) atoms. The van der Waals surface area contributed by atoms with Crippen LogP contribution in [0.3, 0.4) is 0 Å². The zero-order chi connectivity index (χ0) is 18.4. The summed E-state index contributed by atoms with van der Waals surface area (Å²) < 4.78 is 9.86. The Hall–Kier alpha value is -1.96. The van der Waals surface area contributed by atoms with Gasteiger partial charge in [-0.25, -0.2) is 0 Å². The Morgan fingerprint density at radius 3 is 2.48 bits per heavy atom. The average Bonchev–Trinajstić information content (AvgIpc) is 2.57. The second-order valence-electron chi connectivity index (χ2n) is 6.46. The standard InChI is InChI=1S/C18H26N2O5/c1-18(23)9-10-20(15(22)12-25-3)16(13-7-5-4-6-8-13)17(18)19-14(21)11-24-2/h4-8,16-17,23H,9-12H2,1-3H3,(H,19,21). The number of hydrogen-bond acceptors (Lipinski definition) is 5. The molecule has 1 aliphatic heterocycles. The number of nitrogens with zero attached hydrogens (tertiary/aromatic N) is 1. The summed E-state index contributed by atoms with van der Waals surface area (Å²) in [5.41, 5.74) is -0.317. The first-order valence-corrected chi connectivity index (χ1v) is 8.24. The van der Waals surface area contributed by atoms with Gasteiger partial charge in [0.2, 0.25) is 11.8 Å². The van der Waals surface area contributed by atoms with Gasteiger partial charge in [0.25, 0.3) is 0 Å². The lowest BCUT2D eigenvalue weighted by atomic mass is 9.79. The first kappa shape index (κ1) is 19.4. The quantitative estimate of drug-likeness (QED) is 0.780. The highest BCUT2D eigenvalue weighted by molar-refractivity contribution is 5.80. The van der Waals surface area contributed by atoms with E-state index in [2.05, 4.69) is 5.32 Å². The molecule has 0 saturated carbocycles. The van der Waals surface area contributed by atoms with E-state index in [-0.39, 0.29) is 25.0 Å². The number of likely N-dealkylation sites (tertiary alicyclic amines) is 1. The molecule has 0 radical (unpaired) electrons. The van der Waals surface area contributed by atoms with Crippen molar-refractivity contribution in [2.24, 2.45) is 0 Å². The molecule has 1 saturated heterocycles. The fourth-order valence-corrected chi connectivity index (χ4v) is 3.25. The van der Waals surface area contributed by atoms with E-state index in [0.717, 1.165) is 5.56 Å². The molecule has 1 aromatic carbocycles. The van der Waals surface area contributed by atoms with E-state index in [1.165, 1.54) is 14.2 Å². The van der Waals surface area contributed by atoms with Gasteiger partial charge in [-0.3, -0.25) is 9.59 Å². The Balaban J connectivity index is 2.40. The maximum Gasteiger partial charge on any atom is 0.249 e. The van der Waals surface area contributed by atoms with E-state index in [1.54, 1.807) is 11.8 Å². The molecule has 1 heterocycles. The number of aliphatic hydroxyl groups is 1.